The maximum atomic E-state index is 12.9. The molecule has 0 saturated heterocycles. The van der Waals surface area contributed by atoms with Gasteiger partial charge in [-0.05, 0) is 49.4 Å². The quantitative estimate of drug-likeness (QED) is 0.681. The summed E-state index contributed by atoms with van der Waals surface area (Å²) in [6.45, 7) is 7.52. The van der Waals surface area contributed by atoms with Crippen LogP contribution < -0.4 is 5.32 Å². The number of nitrogens with zero attached hydrogens (tertiary/aromatic N) is 4. The Bertz CT molecular complexity index is 1040. The lowest BCUT2D eigenvalue weighted by Gasteiger charge is -2.11. The largest absolute Gasteiger partial charge is 0.453 e. The molecule has 2 heterocycles. The van der Waals surface area contributed by atoms with Gasteiger partial charge in [0.1, 0.15) is 0 Å². The number of amides is 1. The highest BCUT2D eigenvalue weighted by molar-refractivity contribution is 5.90. The molecule has 3 rings (SSSR count). The number of anilines is 1. The smallest absolute Gasteiger partial charge is 0.326 e. The second-order valence-corrected chi connectivity index (χ2v) is 7.23. The van der Waals surface area contributed by atoms with E-state index in [1.165, 1.54) is 5.56 Å². The van der Waals surface area contributed by atoms with Gasteiger partial charge in [0.2, 0.25) is 5.91 Å². The first-order chi connectivity index (χ1) is 13.6. The van der Waals surface area contributed by atoms with Crippen LogP contribution in [-0.2, 0) is 17.4 Å². The van der Waals surface area contributed by atoms with Gasteiger partial charge in [-0.25, -0.2) is 9.50 Å². The minimum Gasteiger partial charge on any atom is -0.326 e. The van der Waals surface area contributed by atoms with E-state index in [0.29, 0.717) is 35.0 Å². The molecule has 1 amide bonds. The summed E-state index contributed by atoms with van der Waals surface area (Å²) in [7, 11) is 0. The number of nitrogens with one attached hydrogen (secondary N) is 1. The van der Waals surface area contributed by atoms with Crippen molar-refractivity contribution in [3.63, 3.8) is 0 Å². The van der Waals surface area contributed by atoms with Crippen LogP contribution in [0.5, 0.6) is 0 Å². The van der Waals surface area contributed by atoms with Crippen molar-refractivity contribution in [3.8, 4) is 0 Å². The van der Waals surface area contributed by atoms with Gasteiger partial charge < -0.3 is 5.32 Å². The Morgan fingerprint density at radius 1 is 1.14 bits per heavy atom. The van der Waals surface area contributed by atoms with Gasteiger partial charge in [-0.3, -0.25) is 4.79 Å². The summed E-state index contributed by atoms with van der Waals surface area (Å²) in [5, 5.41) is 6.36. The minimum atomic E-state index is -4.64. The van der Waals surface area contributed by atoms with Gasteiger partial charge in [-0.2, -0.15) is 18.2 Å². The molecule has 0 bridgehead atoms. The van der Waals surface area contributed by atoms with Crippen molar-refractivity contribution < 1.29 is 18.0 Å². The van der Waals surface area contributed by atoms with Crippen LogP contribution in [0.3, 0.4) is 0 Å². The second kappa shape index (κ2) is 7.81. The fourth-order valence-electron chi connectivity index (χ4n) is 3.10. The monoisotopic (exact) mass is 405 g/mol. The van der Waals surface area contributed by atoms with Crippen molar-refractivity contribution in [2.75, 3.05) is 5.32 Å². The molecule has 0 aliphatic carbocycles. The lowest BCUT2D eigenvalue weighted by atomic mass is 10.0. The van der Waals surface area contributed by atoms with Crippen LogP contribution in [0.1, 0.15) is 54.5 Å². The minimum absolute atomic E-state index is 0.106. The number of aromatic nitrogens is 4. The van der Waals surface area contributed by atoms with Crippen molar-refractivity contribution in [3.05, 3.63) is 52.6 Å². The van der Waals surface area contributed by atoms with Gasteiger partial charge in [0.05, 0.1) is 0 Å². The van der Waals surface area contributed by atoms with E-state index in [2.05, 4.69) is 34.2 Å². The molecule has 0 saturated carbocycles. The number of fused-ring (bicyclic) bond motifs is 1. The molecule has 9 heteroatoms. The highest BCUT2D eigenvalue weighted by Crippen LogP contribution is 2.27. The van der Waals surface area contributed by atoms with Crippen LogP contribution in [0.25, 0.3) is 5.78 Å². The molecule has 0 atom stereocenters. The number of hydrogen-bond donors (Lipinski definition) is 1. The van der Waals surface area contributed by atoms with E-state index in [4.69, 9.17) is 0 Å². The van der Waals surface area contributed by atoms with E-state index in [9.17, 15) is 18.0 Å². The number of hydrogen-bond acceptors (Lipinski definition) is 4. The topological polar surface area (TPSA) is 72.2 Å². The van der Waals surface area contributed by atoms with E-state index < -0.39 is 12.0 Å². The Kier molecular flexibility index (Phi) is 5.59. The summed E-state index contributed by atoms with van der Waals surface area (Å²) >= 11 is 0. The number of carbonyl (C=O) groups is 1. The van der Waals surface area contributed by atoms with Crippen LogP contribution >= 0.6 is 0 Å². The molecular weight excluding hydrogens is 383 g/mol. The molecule has 0 aliphatic heterocycles. The summed E-state index contributed by atoms with van der Waals surface area (Å²) in [5.41, 5.74) is 3.59. The van der Waals surface area contributed by atoms with E-state index >= 15 is 0 Å². The molecule has 0 fully saturated rings. The first-order valence-corrected chi connectivity index (χ1v) is 9.26. The molecule has 29 heavy (non-hydrogen) atoms. The number of halogens is 3. The Balaban J connectivity index is 1.73. The second-order valence-electron chi connectivity index (χ2n) is 7.23. The Labute approximate surface area is 166 Å². The molecule has 3 aromatic rings. The predicted octanol–water partition coefficient (Wildman–Crippen LogP) is 4.45. The average Bonchev–Trinajstić information content (AvgIpc) is 3.06. The molecular formula is C20H22F3N5O. The number of rotatable bonds is 5. The maximum absolute atomic E-state index is 12.9. The Morgan fingerprint density at radius 2 is 1.79 bits per heavy atom. The van der Waals surface area contributed by atoms with Crippen molar-refractivity contribution >= 4 is 17.4 Å². The van der Waals surface area contributed by atoms with Crippen molar-refractivity contribution in [2.24, 2.45) is 0 Å². The molecule has 6 nitrogen and oxygen atoms in total. The van der Waals surface area contributed by atoms with E-state index in [0.717, 1.165) is 4.52 Å². The average molecular weight is 405 g/mol. The zero-order valence-corrected chi connectivity index (χ0v) is 16.6. The first kappa shape index (κ1) is 20.8. The molecule has 0 aliphatic rings. The molecule has 0 radical (unpaired) electrons. The van der Waals surface area contributed by atoms with Crippen LogP contribution in [0, 0.1) is 13.8 Å². The number of carbonyl (C=O) groups excluding carboxylic acids is 1. The van der Waals surface area contributed by atoms with Crippen molar-refractivity contribution in [1.82, 2.24) is 19.6 Å². The van der Waals surface area contributed by atoms with Crippen LogP contribution in [0.2, 0.25) is 0 Å². The standard InChI is InChI=1S/C20H22F3N5O/c1-11(2)14-5-7-15(8-6-14)25-17(29)10-9-16-12(3)24-19-26-18(20(21,22)23)27-28(19)13(16)4/h5-8,11H,9-10H2,1-4H3,(H,25,29). The normalized spacial score (nSPS) is 12.0. The molecule has 1 N–H and O–H groups in total. The molecule has 2 aromatic heterocycles. The van der Waals surface area contributed by atoms with Gasteiger partial charge >= 0.3 is 6.18 Å². The van der Waals surface area contributed by atoms with E-state index in [-0.39, 0.29) is 18.1 Å². The van der Waals surface area contributed by atoms with Crippen molar-refractivity contribution in [2.45, 2.75) is 52.6 Å². The summed E-state index contributed by atoms with van der Waals surface area (Å²) in [4.78, 5) is 19.9. The fourth-order valence-corrected chi connectivity index (χ4v) is 3.10. The third-order valence-corrected chi connectivity index (χ3v) is 4.77. The van der Waals surface area contributed by atoms with Crippen LogP contribution in [0.4, 0.5) is 18.9 Å². The van der Waals surface area contributed by atoms with Gasteiger partial charge in [0, 0.05) is 23.5 Å². The number of alkyl halides is 3. The molecule has 154 valence electrons. The zero-order valence-electron chi connectivity index (χ0n) is 16.6. The number of benzene rings is 1. The third kappa shape index (κ3) is 4.55. The van der Waals surface area contributed by atoms with E-state index in [1.54, 1.807) is 13.8 Å². The SMILES string of the molecule is Cc1nc2nc(C(F)(F)F)nn2c(C)c1CCC(=O)Nc1ccc(C(C)C)cc1. The number of aryl methyl sites for hydroxylation is 2. The van der Waals surface area contributed by atoms with Gasteiger partial charge in [0.25, 0.3) is 11.6 Å². The summed E-state index contributed by atoms with van der Waals surface area (Å²) in [6, 6.07) is 7.64. The maximum Gasteiger partial charge on any atom is 0.453 e. The summed E-state index contributed by atoms with van der Waals surface area (Å²) < 4.78 is 39.7. The van der Waals surface area contributed by atoms with Gasteiger partial charge in [0.15, 0.2) is 0 Å². The molecule has 0 unspecified atom stereocenters. The highest BCUT2D eigenvalue weighted by atomic mass is 19.4. The Hall–Kier alpha value is -2.97. The summed E-state index contributed by atoms with van der Waals surface area (Å²) in [6.07, 6.45) is -4.14. The van der Waals surface area contributed by atoms with Crippen LogP contribution in [0.15, 0.2) is 24.3 Å². The Morgan fingerprint density at radius 3 is 2.38 bits per heavy atom. The van der Waals surface area contributed by atoms with Crippen LogP contribution in [-0.4, -0.2) is 25.5 Å². The molecule has 0 spiro atoms. The van der Waals surface area contributed by atoms with Crippen molar-refractivity contribution in [1.29, 1.82) is 0 Å². The molecule has 1 aromatic carbocycles. The van der Waals surface area contributed by atoms with E-state index in [1.807, 2.05) is 24.3 Å². The predicted molar refractivity (Wildman–Crippen MR) is 103 cm³/mol. The van der Waals surface area contributed by atoms with Gasteiger partial charge in [-0.1, -0.05) is 26.0 Å². The summed E-state index contributed by atoms with van der Waals surface area (Å²) in [5.74, 6) is -1.11. The zero-order chi connectivity index (χ0) is 21.3. The van der Waals surface area contributed by atoms with Gasteiger partial charge in [-0.15, -0.1) is 5.10 Å². The lowest BCUT2D eigenvalue weighted by Crippen LogP contribution is -2.14. The fraction of sp³-hybridized carbons (Fsp3) is 0.400. The highest BCUT2D eigenvalue weighted by Gasteiger charge is 2.36. The first-order valence-electron chi connectivity index (χ1n) is 9.26. The lowest BCUT2D eigenvalue weighted by molar-refractivity contribution is -0.144. The third-order valence-electron chi connectivity index (χ3n) is 4.77.